The van der Waals surface area contributed by atoms with Crippen LogP contribution in [0.3, 0.4) is 0 Å². The zero-order chi connectivity index (χ0) is 13.0. The summed E-state index contributed by atoms with van der Waals surface area (Å²) in [5.74, 6) is 0.723. The van der Waals surface area contributed by atoms with E-state index in [1.807, 2.05) is 0 Å². The molecule has 1 N–H and O–H groups in total. The first kappa shape index (κ1) is 12.8. The number of pyridine rings is 1. The van der Waals surface area contributed by atoms with E-state index in [1.165, 1.54) is 44.4 Å². The van der Waals surface area contributed by atoms with Crippen molar-refractivity contribution in [3.63, 3.8) is 0 Å². The monoisotopic (exact) mass is 249 g/mol. The van der Waals surface area contributed by atoms with Crippen LogP contribution < -0.4 is 5.32 Å². The molecule has 1 aliphatic rings. The third-order valence-electron chi connectivity index (χ3n) is 4.02. The number of aromatic nitrogens is 1. The first-order valence-corrected chi connectivity index (χ1v) is 6.49. The molecule has 5 heteroatoms. The predicted molar refractivity (Wildman–Crippen MR) is 70.6 cm³/mol. The first-order valence-electron chi connectivity index (χ1n) is 6.49. The van der Waals surface area contributed by atoms with E-state index in [2.05, 4.69) is 17.2 Å². The molecule has 1 heterocycles. The summed E-state index contributed by atoms with van der Waals surface area (Å²) < 4.78 is 0. The Morgan fingerprint density at radius 2 is 2.17 bits per heavy atom. The van der Waals surface area contributed by atoms with Crippen molar-refractivity contribution in [1.29, 1.82) is 0 Å². The molecule has 0 bridgehead atoms. The van der Waals surface area contributed by atoms with E-state index >= 15 is 0 Å². The Kier molecular flexibility index (Phi) is 3.79. The minimum absolute atomic E-state index is 0.0339. The SMILES string of the molecule is CCC1(CNc2ccc([N+](=O)[O-])cn2)CCCC1. The summed E-state index contributed by atoms with van der Waals surface area (Å²) in [5.41, 5.74) is 0.426. The molecular formula is C13H19N3O2. The van der Waals surface area contributed by atoms with Gasteiger partial charge in [-0.2, -0.15) is 0 Å². The van der Waals surface area contributed by atoms with Crippen LogP contribution in [0.1, 0.15) is 39.0 Å². The molecule has 0 aliphatic heterocycles. The maximum absolute atomic E-state index is 10.5. The summed E-state index contributed by atoms with van der Waals surface area (Å²) in [6.45, 7) is 3.14. The molecule has 0 amide bonds. The quantitative estimate of drug-likeness (QED) is 0.641. The number of hydrogen-bond donors (Lipinski definition) is 1. The topological polar surface area (TPSA) is 68.1 Å². The van der Waals surface area contributed by atoms with Gasteiger partial charge >= 0.3 is 0 Å². The number of rotatable bonds is 5. The Morgan fingerprint density at radius 3 is 2.67 bits per heavy atom. The molecule has 1 aliphatic carbocycles. The molecule has 5 nitrogen and oxygen atoms in total. The molecule has 0 radical (unpaired) electrons. The fourth-order valence-electron chi connectivity index (χ4n) is 2.66. The highest BCUT2D eigenvalue weighted by atomic mass is 16.6. The fraction of sp³-hybridized carbons (Fsp3) is 0.615. The maximum atomic E-state index is 10.5. The van der Waals surface area contributed by atoms with Crippen LogP contribution in [0.15, 0.2) is 18.3 Å². The van der Waals surface area contributed by atoms with Gasteiger partial charge in [-0.3, -0.25) is 10.1 Å². The summed E-state index contributed by atoms with van der Waals surface area (Å²) in [4.78, 5) is 14.2. The highest BCUT2D eigenvalue weighted by Gasteiger charge is 2.31. The number of hydrogen-bond acceptors (Lipinski definition) is 4. The van der Waals surface area contributed by atoms with Crippen LogP contribution in [0.5, 0.6) is 0 Å². The lowest BCUT2D eigenvalue weighted by Crippen LogP contribution is -2.26. The minimum Gasteiger partial charge on any atom is -0.370 e. The lowest BCUT2D eigenvalue weighted by atomic mass is 9.83. The van der Waals surface area contributed by atoms with Gasteiger partial charge in [-0.15, -0.1) is 0 Å². The summed E-state index contributed by atoms with van der Waals surface area (Å²) >= 11 is 0. The molecule has 0 atom stereocenters. The fourth-order valence-corrected chi connectivity index (χ4v) is 2.66. The Hall–Kier alpha value is -1.65. The van der Waals surface area contributed by atoms with E-state index in [4.69, 9.17) is 0 Å². The van der Waals surface area contributed by atoms with Crippen molar-refractivity contribution in [2.45, 2.75) is 39.0 Å². The average Bonchev–Trinajstić information content (AvgIpc) is 2.86. The van der Waals surface area contributed by atoms with Crippen LogP contribution in [0.2, 0.25) is 0 Å². The predicted octanol–water partition coefficient (Wildman–Crippen LogP) is 3.37. The van der Waals surface area contributed by atoms with E-state index < -0.39 is 4.92 Å². The first-order chi connectivity index (χ1) is 8.65. The lowest BCUT2D eigenvalue weighted by Gasteiger charge is -2.27. The van der Waals surface area contributed by atoms with Crippen LogP contribution in [0.25, 0.3) is 0 Å². The maximum Gasteiger partial charge on any atom is 0.287 e. The summed E-state index contributed by atoms with van der Waals surface area (Å²) in [6.07, 6.45) is 7.63. The van der Waals surface area contributed by atoms with E-state index in [0.29, 0.717) is 5.41 Å². The van der Waals surface area contributed by atoms with Gasteiger partial charge in [0.2, 0.25) is 0 Å². The molecule has 1 aromatic rings. The molecule has 0 saturated heterocycles. The smallest absolute Gasteiger partial charge is 0.287 e. The van der Waals surface area contributed by atoms with Crippen molar-refractivity contribution in [2.24, 2.45) is 5.41 Å². The second-order valence-electron chi connectivity index (χ2n) is 5.07. The van der Waals surface area contributed by atoms with Crippen molar-refractivity contribution < 1.29 is 4.92 Å². The molecule has 98 valence electrons. The number of nitro groups is 1. The second-order valence-corrected chi connectivity index (χ2v) is 5.07. The van der Waals surface area contributed by atoms with E-state index in [-0.39, 0.29) is 5.69 Å². The van der Waals surface area contributed by atoms with Crippen LogP contribution in [0, 0.1) is 15.5 Å². The molecule has 0 spiro atoms. The molecule has 1 saturated carbocycles. The van der Waals surface area contributed by atoms with Crippen molar-refractivity contribution in [2.75, 3.05) is 11.9 Å². The molecule has 0 aromatic carbocycles. The standard InChI is InChI=1S/C13H19N3O2/c1-2-13(7-3-4-8-13)10-15-12-6-5-11(9-14-12)16(17)18/h5-6,9H,2-4,7-8,10H2,1H3,(H,14,15). The van der Waals surface area contributed by atoms with Crippen LogP contribution >= 0.6 is 0 Å². The molecule has 1 fully saturated rings. The van der Waals surface area contributed by atoms with Gasteiger partial charge < -0.3 is 5.32 Å². The molecule has 18 heavy (non-hydrogen) atoms. The Labute approximate surface area is 107 Å². The number of nitrogens with one attached hydrogen (secondary N) is 1. The van der Waals surface area contributed by atoms with Crippen molar-refractivity contribution in [3.05, 3.63) is 28.4 Å². The second kappa shape index (κ2) is 5.33. The molecular weight excluding hydrogens is 230 g/mol. The Morgan fingerprint density at radius 1 is 1.44 bits per heavy atom. The van der Waals surface area contributed by atoms with Crippen LogP contribution in [-0.2, 0) is 0 Å². The third-order valence-corrected chi connectivity index (χ3v) is 4.02. The Bertz CT molecular complexity index is 411. The van der Waals surface area contributed by atoms with Gasteiger partial charge in [0.05, 0.1) is 4.92 Å². The van der Waals surface area contributed by atoms with Gasteiger partial charge in [-0.05, 0) is 30.7 Å². The molecule has 2 rings (SSSR count). The summed E-state index contributed by atoms with van der Waals surface area (Å²) in [5, 5.41) is 13.8. The normalized spacial score (nSPS) is 17.6. The van der Waals surface area contributed by atoms with Crippen LogP contribution in [-0.4, -0.2) is 16.5 Å². The van der Waals surface area contributed by atoms with Gasteiger partial charge in [0, 0.05) is 12.6 Å². The zero-order valence-electron chi connectivity index (χ0n) is 10.7. The van der Waals surface area contributed by atoms with Crippen molar-refractivity contribution in [1.82, 2.24) is 4.98 Å². The van der Waals surface area contributed by atoms with Crippen molar-refractivity contribution >= 4 is 11.5 Å². The zero-order valence-corrected chi connectivity index (χ0v) is 10.7. The van der Waals surface area contributed by atoms with E-state index in [9.17, 15) is 10.1 Å². The molecule has 1 aromatic heterocycles. The summed E-state index contributed by atoms with van der Waals surface area (Å²) in [7, 11) is 0. The number of nitrogens with zero attached hydrogens (tertiary/aromatic N) is 2. The van der Waals surface area contributed by atoms with Gasteiger partial charge in [0.25, 0.3) is 5.69 Å². The summed E-state index contributed by atoms with van der Waals surface area (Å²) in [6, 6.07) is 3.17. The van der Waals surface area contributed by atoms with Gasteiger partial charge in [-0.25, -0.2) is 4.98 Å². The highest BCUT2D eigenvalue weighted by Crippen LogP contribution is 2.40. The Balaban J connectivity index is 1.95. The minimum atomic E-state index is -0.429. The van der Waals surface area contributed by atoms with Crippen molar-refractivity contribution in [3.8, 4) is 0 Å². The lowest BCUT2D eigenvalue weighted by molar-refractivity contribution is -0.385. The van der Waals surface area contributed by atoms with E-state index in [0.717, 1.165) is 12.4 Å². The molecule has 0 unspecified atom stereocenters. The highest BCUT2D eigenvalue weighted by molar-refractivity contribution is 5.40. The average molecular weight is 249 g/mol. The van der Waals surface area contributed by atoms with Gasteiger partial charge in [0.15, 0.2) is 0 Å². The largest absolute Gasteiger partial charge is 0.370 e. The van der Waals surface area contributed by atoms with E-state index in [1.54, 1.807) is 6.07 Å². The number of anilines is 1. The third kappa shape index (κ3) is 2.78. The van der Waals surface area contributed by atoms with Gasteiger partial charge in [-0.1, -0.05) is 19.8 Å². The van der Waals surface area contributed by atoms with Gasteiger partial charge in [0.1, 0.15) is 12.0 Å². The van der Waals surface area contributed by atoms with Crippen LogP contribution in [0.4, 0.5) is 11.5 Å².